The number of ether oxygens (including phenoxy) is 1. The third-order valence-electron chi connectivity index (χ3n) is 7.50. The minimum Gasteiger partial charge on any atom is -0.489 e. The fourth-order valence-corrected chi connectivity index (χ4v) is 5.26. The highest BCUT2D eigenvalue weighted by molar-refractivity contribution is 6.07. The van der Waals surface area contributed by atoms with E-state index < -0.39 is 0 Å². The predicted molar refractivity (Wildman–Crippen MR) is 145 cm³/mol. The van der Waals surface area contributed by atoms with Gasteiger partial charge in [0.15, 0.2) is 0 Å². The van der Waals surface area contributed by atoms with E-state index in [1.165, 1.54) is 5.69 Å². The zero-order valence-corrected chi connectivity index (χ0v) is 21.2. The topological polar surface area (TPSA) is 89.7 Å². The number of hydrogen-bond donors (Lipinski definition) is 1. The molecule has 8 heteroatoms. The summed E-state index contributed by atoms with van der Waals surface area (Å²) in [6.45, 7) is 6.15. The van der Waals surface area contributed by atoms with Gasteiger partial charge in [-0.05, 0) is 68.9 Å². The highest BCUT2D eigenvalue weighted by Crippen LogP contribution is 2.37. The molecule has 0 bridgehead atoms. The van der Waals surface area contributed by atoms with Gasteiger partial charge in [0.1, 0.15) is 29.9 Å². The van der Waals surface area contributed by atoms with Crippen molar-refractivity contribution in [3.8, 4) is 23.1 Å². The second-order valence-electron chi connectivity index (χ2n) is 9.98. The number of aliphatic imine (C=N–C) groups is 1. The van der Waals surface area contributed by atoms with Gasteiger partial charge in [-0.3, -0.25) is 0 Å². The van der Waals surface area contributed by atoms with Crippen molar-refractivity contribution in [3.63, 3.8) is 0 Å². The number of piperazine rings is 1. The van der Waals surface area contributed by atoms with Crippen LogP contribution in [0.15, 0.2) is 53.8 Å². The molecule has 2 saturated heterocycles. The van der Waals surface area contributed by atoms with Gasteiger partial charge in [-0.15, -0.1) is 0 Å². The summed E-state index contributed by atoms with van der Waals surface area (Å²) < 4.78 is 6.17. The minimum atomic E-state index is 0.136. The number of rotatable bonds is 5. The molecular formula is C29H31N7O. The number of piperidine rings is 1. The van der Waals surface area contributed by atoms with Crippen molar-refractivity contribution in [1.82, 2.24) is 20.2 Å². The second-order valence-corrected chi connectivity index (χ2v) is 9.98. The Morgan fingerprint density at radius 3 is 2.49 bits per heavy atom. The van der Waals surface area contributed by atoms with Crippen LogP contribution in [0.3, 0.4) is 0 Å². The van der Waals surface area contributed by atoms with Crippen LogP contribution < -0.4 is 15.0 Å². The van der Waals surface area contributed by atoms with Gasteiger partial charge in [0, 0.05) is 43.9 Å². The SMILES string of the molecule is CN1CCN(c2ccc(C3=Nc4c(ncnc4-c4ccc(OC5CCNCC5)c(C#N)c4)C3)cc2)CC1. The Hall–Kier alpha value is -3.80. The lowest BCUT2D eigenvalue weighted by Gasteiger charge is -2.34. The van der Waals surface area contributed by atoms with Crippen LogP contribution in [0, 0.1) is 11.3 Å². The zero-order valence-electron chi connectivity index (χ0n) is 21.2. The molecule has 3 aliphatic rings. The fourth-order valence-electron chi connectivity index (χ4n) is 5.26. The van der Waals surface area contributed by atoms with E-state index in [-0.39, 0.29) is 6.10 Å². The van der Waals surface area contributed by atoms with E-state index in [1.807, 2.05) is 18.2 Å². The first kappa shape index (κ1) is 23.6. The molecule has 2 aromatic carbocycles. The largest absolute Gasteiger partial charge is 0.489 e. The number of likely N-dealkylation sites (N-methyl/N-ethyl adjacent to an activating group) is 1. The normalized spacial score (nSPS) is 18.3. The first-order valence-electron chi connectivity index (χ1n) is 13.1. The van der Waals surface area contributed by atoms with Crippen molar-refractivity contribution >= 4 is 17.1 Å². The summed E-state index contributed by atoms with van der Waals surface area (Å²) in [4.78, 5) is 18.9. The van der Waals surface area contributed by atoms with E-state index in [2.05, 4.69) is 62.5 Å². The molecule has 0 radical (unpaired) electrons. The molecule has 8 nitrogen and oxygen atoms in total. The van der Waals surface area contributed by atoms with E-state index in [4.69, 9.17) is 9.73 Å². The lowest BCUT2D eigenvalue weighted by Crippen LogP contribution is -2.44. The molecule has 2 fully saturated rings. The maximum atomic E-state index is 9.82. The molecule has 0 amide bonds. The monoisotopic (exact) mass is 493 g/mol. The summed E-state index contributed by atoms with van der Waals surface area (Å²) in [7, 11) is 2.17. The van der Waals surface area contributed by atoms with E-state index in [1.54, 1.807) is 6.33 Å². The quantitative estimate of drug-likeness (QED) is 0.581. The summed E-state index contributed by atoms with van der Waals surface area (Å²) in [6, 6.07) is 16.7. The van der Waals surface area contributed by atoms with Crippen LogP contribution in [0.2, 0.25) is 0 Å². The Balaban J connectivity index is 1.24. The molecule has 1 N–H and O–H groups in total. The van der Waals surface area contributed by atoms with E-state index in [0.29, 0.717) is 17.7 Å². The summed E-state index contributed by atoms with van der Waals surface area (Å²) in [6.07, 6.45) is 4.28. The van der Waals surface area contributed by atoms with Crippen LogP contribution in [0.25, 0.3) is 11.3 Å². The van der Waals surface area contributed by atoms with Crippen LogP contribution in [-0.2, 0) is 6.42 Å². The van der Waals surface area contributed by atoms with E-state index in [9.17, 15) is 5.26 Å². The van der Waals surface area contributed by atoms with Crippen LogP contribution in [-0.4, -0.2) is 73.0 Å². The zero-order chi connectivity index (χ0) is 25.2. The van der Waals surface area contributed by atoms with E-state index >= 15 is 0 Å². The Morgan fingerprint density at radius 2 is 1.73 bits per heavy atom. The molecule has 0 spiro atoms. The van der Waals surface area contributed by atoms with Crippen LogP contribution >= 0.6 is 0 Å². The molecule has 0 saturated carbocycles. The number of anilines is 1. The Morgan fingerprint density at radius 1 is 0.973 bits per heavy atom. The third kappa shape index (κ3) is 4.93. The predicted octanol–water partition coefficient (Wildman–Crippen LogP) is 3.57. The number of benzene rings is 2. The molecular weight excluding hydrogens is 462 g/mol. The number of hydrogen-bond acceptors (Lipinski definition) is 8. The second kappa shape index (κ2) is 10.3. The summed E-state index contributed by atoms with van der Waals surface area (Å²) >= 11 is 0. The average Bonchev–Trinajstić information content (AvgIpc) is 3.39. The molecule has 3 aromatic rings. The van der Waals surface area contributed by atoms with Gasteiger partial charge in [-0.2, -0.15) is 5.26 Å². The molecule has 6 rings (SSSR count). The first-order chi connectivity index (χ1) is 18.2. The standard InChI is InChI=1S/C29H31N7O/c1-35-12-14-36(15-13-35)23-5-2-20(3-6-23)25-17-26-29(34-25)28(33-19-32-26)21-4-7-27(22(16-21)18-30)37-24-8-10-31-11-9-24/h2-7,16,19,24,31H,8-15,17H2,1H3. The van der Waals surface area contributed by atoms with Gasteiger partial charge in [-0.1, -0.05) is 12.1 Å². The van der Waals surface area contributed by atoms with Crippen molar-refractivity contribution in [3.05, 3.63) is 65.6 Å². The van der Waals surface area contributed by atoms with Crippen molar-refractivity contribution in [2.45, 2.75) is 25.4 Å². The summed E-state index contributed by atoms with van der Waals surface area (Å²) in [5.41, 5.74) is 7.17. The third-order valence-corrected chi connectivity index (χ3v) is 7.50. The maximum Gasteiger partial charge on any atom is 0.137 e. The van der Waals surface area contributed by atoms with Crippen molar-refractivity contribution < 1.29 is 4.74 Å². The lowest BCUT2D eigenvalue weighted by molar-refractivity contribution is 0.162. The van der Waals surface area contributed by atoms with Gasteiger partial charge in [0.05, 0.1) is 22.7 Å². The van der Waals surface area contributed by atoms with Crippen molar-refractivity contribution in [1.29, 1.82) is 5.26 Å². The van der Waals surface area contributed by atoms with Gasteiger partial charge in [-0.25, -0.2) is 15.0 Å². The number of nitrogens with zero attached hydrogens (tertiary/aromatic N) is 6. The van der Waals surface area contributed by atoms with Crippen LogP contribution in [0.5, 0.6) is 5.75 Å². The molecule has 1 aromatic heterocycles. The molecule has 4 heterocycles. The van der Waals surface area contributed by atoms with Gasteiger partial charge in [0.2, 0.25) is 0 Å². The Kier molecular flexibility index (Phi) is 6.56. The van der Waals surface area contributed by atoms with Crippen molar-refractivity contribution in [2.75, 3.05) is 51.2 Å². The molecule has 0 aliphatic carbocycles. The maximum absolute atomic E-state index is 9.82. The van der Waals surface area contributed by atoms with Gasteiger partial charge in [0.25, 0.3) is 0 Å². The molecule has 3 aliphatic heterocycles. The average molecular weight is 494 g/mol. The molecule has 188 valence electrons. The Labute approximate surface area is 217 Å². The molecule has 37 heavy (non-hydrogen) atoms. The lowest BCUT2D eigenvalue weighted by atomic mass is 10.0. The highest BCUT2D eigenvalue weighted by atomic mass is 16.5. The number of fused-ring (bicyclic) bond motifs is 1. The van der Waals surface area contributed by atoms with Gasteiger partial charge < -0.3 is 19.9 Å². The molecule has 0 unspecified atom stereocenters. The summed E-state index contributed by atoms with van der Waals surface area (Å²) in [5, 5.41) is 13.2. The van der Waals surface area contributed by atoms with Crippen LogP contribution in [0.1, 0.15) is 29.7 Å². The molecule has 0 atom stereocenters. The first-order valence-corrected chi connectivity index (χ1v) is 13.1. The number of aromatic nitrogens is 2. The summed E-state index contributed by atoms with van der Waals surface area (Å²) in [5.74, 6) is 0.633. The fraction of sp³-hybridized carbons (Fsp3) is 0.379. The van der Waals surface area contributed by atoms with Crippen LogP contribution in [0.4, 0.5) is 11.4 Å². The van der Waals surface area contributed by atoms with Crippen molar-refractivity contribution in [2.24, 2.45) is 4.99 Å². The van der Waals surface area contributed by atoms with Gasteiger partial charge >= 0.3 is 0 Å². The number of nitriles is 1. The Bertz CT molecular complexity index is 1350. The minimum absolute atomic E-state index is 0.136. The smallest absolute Gasteiger partial charge is 0.137 e. The van der Waals surface area contributed by atoms with E-state index in [0.717, 1.165) is 86.0 Å². The highest BCUT2D eigenvalue weighted by Gasteiger charge is 2.24. The number of nitrogens with one attached hydrogen (secondary N) is 1.